The Balaban J connectivity index is 3.41. The Kier molecular flexibility index (Phi) is 4.77. The van der Waals surface area contributed by atoms with E-state index in [2.05, 4.69) is 0 Å². The van der Waals surface area contributed by atoms with Crippen LogP contribution in [-0.4, -0.2) is 46.3 Å². The summed E-state index contributed by atoms with van der Waals surface area (Å²) in [7, 11) is 0. The maximum absolute atomic E-state index is 12.9. The van der Waals surface area contributed by atoms with Crippen LogP contribution in [0.1, 0.15) is 41.5 Å². The molecule has 1 heterocycles. The molecule has 0 aromatic heterocycles. The molecule has 0 aromatic rings. The summed E-state index contributed by atoms with van der Waals surface area (Å²) in [5.41, 5.74) is -1.18. The van der Waals surface area contributed by atoms with E-state index in [1.165, 1.54) is 0 Å². The maximum atomic E-state index is 12.9. The lowest BCUT2D eigenvalue weighted by molar-refractivity contribution is -0.139. The highest BCUT2D eigenvalue weighted by Crippen LogP contribution is 2.41. The molecular formula is C14H24F2N2O2. The third-order valence-electron chi connectivity index (χ3n) is 4.04. The quantitative estimate of drug-likeness (QED) is 0.730. The zero-order valence-electron chi connectivity index (χ0n) is 13.0. The van der Waals surface area contributed by atoms with E-state index in [-0.39, 0.29) is 23.8 Å². The Morgan fingerprint density at radius 2 is 1.45 bits per heavy atom. The molecule has 3 amide bonds. The van der Waals surface area contributed by atoms with E-state index in [1.54, 1.807) is 41.5 Å². The van der Waals surface area contributed by atoms with E-state index in [9.17, 15) is 18.4 Å². The van der Waals surface area contributed by atoms with Crippen LogP contribution in [0.5, 0.6) is 0 Å². The van der Waals surface area contributed by atoms with Crippen molar-refractivity contribution in [3.63, 3.8) is 0 Å². The Hall–Kier alpha value is -1.20. The van der Waals surface area contributed by atoms with Gasteiger partial charge in [-0.1, -0.05) is 27.7 Å². The average Bonchev–Trinajstić information content (AvgIpc) is 2.47. The van der Waals surface area contributed by atoms with Crippen LogP contribution >= 0.6 is 0 Å². The summed E-state index contributed by atoms with van der Waals surface area (Å²) in [5.74, 6) is -0.828. The second-order valence-corrected chi connectivity index (χ2v) is 6.19. The number of carbonyl (C=O) groups is 2. The molecule has 1 rings (SSSR count). The van der Waals surface area contributed by atoms with Gasteiger partial charge in [0.15, 0.2) is 0 Å². The molecule has 0 atom stereocenters. The number of hydrogen-bond acceptors (Lipinski definition) is 2. The molecule has 4 nitrogen and oxygen atoms in total. The van der Waals surface area contributed by atoms with E-state index in [0.29, 0.717) is 0 Å². The molecule has 116 valence electrons. The fourth-order valence-electron chi connectivity index (χ4n) is 3.29. The molecule has 1 saturated heterocycles. The minimum absolute atomic E-state index is 0.235. The van der Waals surface area contributed by atoms with Crippen molar-refractivity contribution in [3.05, 3.63) is 0 Å². The van der Waals surface area contributed by atoms with E-state index in [4.69, 9.17) is 0 Å². The molecule has 0 radical (unpaired) electrons. The number of carbonyl (C=O) groups excluding carboxylic acids is 2. The average molecular weight is 290 g/mol. The number of alkyl halides is 2. The van der Waals surface area contributed by atoms with Crippen molar-refractivity contribution in [1.82, 2.24) is 9.80 Å². The second-order valence-electron chi connectivity index (χ2n) is 6.19. The molecule has 1 aliphatic heterocycles. The third kappa shape index (κ3) is 2.29. The summed E-state index contributed by atoms with van der Waals surface area (Å²) < 4.78 is 25.7. The molecule has 1 fully saturated rings. The molecule has 0 spiro atoms. The van der Waals surface area contributed by atoms with Gasteiger partial charge < -0.3 is 4.90 Å². The normalized spacial score (nSPS) is 19.4. The lowest BCUT2D eigenvalue weighted by Gasteiger charge is -2.41. The minimum Gasteiger partial charge on any atom is -0.303 e. The van der Waals surface area contributed by atoms with Gasteiger partial charge in [-0.25, -0.2) is 13.6 Å². The number of hydrogen-bond donors (Lipinski definition) is 0. The van der Waals surface area contributed by atoms with Gasteiger partial charge in [0, 0.05) is 6.04 Å². The Labute approximate surface area is 119 Å². The van der Waals surface area contributed by atoms with Gasteiger partial charge in [0.1, 0.15) is 5.54 Å². The van der Waals surface area contributed by atoms with Crippen LogP contribution in [0, 0.1) is 11.8 Å². The Morgan fingerprint density at radius 1 is 1.00 bits per heavy atom. The molecule has 0 unspecified atom stereocenters. The molecule has 0 N–H and O–H groups in total. The van der Waals surface area contributed by atoms with Crippen molar-refractivity contribution >= 4 is 11.9 Å². The van der Waals surface area contributed by atoms with Gasteiger partial charge in [-0.2, -0.15) is 0 Å². The van der Waals surface area contributed by atoms with Gasteiger partial charge in [-0.15, -0.1) is 0 Å². The van der Waals surface area contributed by atoms with Crippen LogP contribution in [-0.2, 0) is 4.79 Å². The van der Waals surface area contributed by atoms with Gasteiger partial charge in [0.2, 0.25) is 0 Å². The molecule has 0 aliphatic carbocycles. The smallest absolute Gasteiger partial charge is 0.303 e. The van der Waals surface area contributed by atoms with Crippen LogP contribution < -0.4 is 0 Å². The van der Waals surface area contributed by atoms with Crippen molar-refractivity contribution < 1.29 is 18.4 Å². The summed E-state index contributed by atoms with van der Waals surface area (Å²) >= 11 is 0. The number of halogens is 2. The van der Waals surface area contributed by atoms with Crippen molar-refractivity contribution in [1.29, 1.82) is 0 Å². The SMILES string of the molecule is CC(C)N1C(=O)N(CC(F)F)C(C(C)C)(C(C)C)C1=O. The summed E-state index contributed by atoms with van der Waals surface area (Å²) in [5, 5.41) is 0. The van der Waals surface area contributed by atoms with Gasteiger partial charge in [0.25, 0.3) is 12.3 Å². The van der Waals surface area contributed by atoms with Crippen molar-refractivity contribution in [2.24, 2.45) is 11.8 Å². The topological polar surface area (TPSA) is 40.6 Å². The number of nitrogens with zero attached hydrogens (tertiary/aromatic N) is 2. The van der Waals surface area contributed by atoms with E-state index < -0.39 is 24.5 Å². The highest BCUT2D eigenvalue weighted by Gasteiger charge is 2.61. The van der Waals surface area contributed by atoms with Gasteiger partial charge >= 0.3 is 6.03 Å². The molecule has 0 aromatic carbocycles. The molecule has 1 aliphatic rings. The van der Waals surface area contributed by atoms with Crippen LogP contribution in [0.4, 0.5) is 13.6 Å². The van der Waals surface area contributed by atoms with Gasteiger partial charge in [-0.05, 0) is 25.7 Å². The zero-order valence-corrected chi connectivity index (χ0v) is 13.0. The van der Waals surface area contributed by atoms with Gasteiger partial charge in [0.05, 0.1) is 6.54 Å². The fraction of sp³-hybridized carbons (Fsp3) is 0.857. The van der Waals surface area contributed by atoms with Crippen LogP contribution in [0.2, 0.25) is 0 Å². The maximum Gasteiger partial charge on any atom is 0.328 e. The van der Waals surface area contributed by atoms with Crippen LogP contribution in [0.15, 0.2) is 0 Å². The largest absolute Gasteiger partial charge is 0.328 e. The first-order chi connectivity index (χ1) is 9.08. The predicted octanol–water partition coefficient (Wildman–Crippen LogP) is 2.97. The molecule has 0 saturated carbocycles. The van der Waals surface area contributed by atoms with Gasteiger partial charge in [-0.3, -0.25) is 9.69 Å². The summed E-state index contributed by atoms with van der Waals surface area (Å²) in [6.45, 7) is 9.92. The van der Waals surface area contributed by atoms with E-state index in [0.717, 1.165) is 9.80 Å². The third-order valence-corrected chi connectivity index (χ3v) is 4.04. The lowest BCUT2D eigenvalue weighted by Crippen LogP contribution is -2.58. The summed E-state index contributed by atoms with van der Waals surface area (Å²) in [6, 6.07) is -0.942. The first-order valence-electron chi connectivity index (χ1n) is 7.01. The monoisotopic (exact) mass is 290 g/mol. The summed E-state index contributed by atoms with van der Waals surface area (Å²) in [4.78, 5) is 27.4. The molecular weight excluding hydrogens is 266 g/mol. The minimum atomic E-state index is -2.66. The molecule has 0 bridgehead atoms. The second kappa shape index (κ2) is 5.66. The predicted molar refractivity (Wildman–Crippen MR) is 72.5 cm³/mol. The lowest BCUT2D eigenvalue weighted by atomic mass is 9.75. The highest BCUT2D eigenvalue weighted by atomic mass is 19.3. The number of rotatable bonds is 5. The Morgan fingerprint density at radius 3 is 1.75 bits per heavy atom. The molecule has 6 heteroatoms. The summed E-state index contributed by atoms with van der Waals surface area (Å²) in [6.07, 6.45) is -2.66. The van der Waals surface area contributed by atoms with E-state index in [1.807, 2.05) is 0 Å². The van der Waals surface area contributed by atoms with Crippen molar-refractivity contribution in [3.8, 4) is 0 Å². The van der Waals surface area contributed by atoms with Crippen molar-refractivity contribution in [2.75, 3.05) is 6.54 Å². The zero-order chi connectivity index (χ0) is 15.8. The molecule has 20 heavy (non-hydrogen) atoms. The fourth-order valence-corrected chi connectivity index (χ4v) is 3.29. The first kappa shape index (κ1) is 16.9. The highest BCUT2D eigenvalue weighted by molar-refractivity contribution is 6.07. The van der Waals surface area contributed by atoms with Crippen LogP contribution in [0.25, 0.3) is 0 Å². The van der Waals surface area contributed by atoms with E-state index >= 15 is 0 Å². The standard InChI is InChI=1S/C14H24F2N2O2/c1-8(2)14(9(3)4)12(19)18(10(5)6)13(20)17(14)7-11(15)16/h8-11H,7H2,1-6H3. The van der Waals surface area contributed by atoms with Crippen molar-refractivity contribution in [2.45, 2.75) is 59.5 Å². The Bertz CT molecular complexity index is 387. The first-order valence-corrected chi connectivity index (χ1v) is 7.01. The number of imide groups is 1. The van der Waals surface area contributed by atoms with Crippen LogP contribution in [0.3, 0.4) is 0 Å². The number of urea groups is 1. The number of amides is 3.